The number of carbonyl (C=O) groups is 3. The number of nitrogens with zero attached hydrogens (tertiary/aromatic N) is 1. The normalized spacial score (nSPS) is 14.6. The minimum absolute atomic E-state index is 0.0179. The number of fused-ring (bicyclic) bond motifs is 1. The molecule has 2 aromatic rings. The molecule has 0 radical (unpaired) electrons. The van der Waals surface area contributed by atoms with Crippen LogP contribution in [0.4, 0.5) is 4.79 Å². The molecule has 1 aromatic carbocycles. The summed E-state index contributed by atoms with van der Waals surface area (Å²) in [4.78, 5) is 38.5. The van der Waals surface area contributed by atoms with Crippen molar-refractivity contribution in [3.8, 4) is 0 Å². The second kappa shape index (κ2) is 10.2. The first-order valence-corrected chi connectivity index (χ1v) is 10.9. The molecule has 29 heavy (non-hydrogen) atoms. The Hall–Kier alpha value is -2.61. The zero-order chi connectivity index (χ0) is 20.6. The first-order chi connectivity index (χ1) is 14.1. The number of ether oxygens (including phenoxy) is 1. The molecule has 0 atom stereocenters. The van der Waals surface area contributed by atoms with Gasteiger partial charge in [-0.05, 0) is 43.7 Å². The number of likely N-dealkylation sites (tertiary alicyclic amines) is 1. The zero-order valence-corrected chi connectivity index (χ0v) is 17.4. The van der Waals surface area contributed by atoms with Crippen molar-refractivity contribution >= 4 is 39.3 Å². The van der Waals surface area contributed by atoms with Gasteiger partial charge in [-0.1, -0.05) is 18.2 Å². The third-order valence-corrected chi connectivity index (χ3v) is 6.02. The highest BCUT2D eigenvalue weighted by Gasteiger charge is 2.24. The first-order valence-electron chi connectivity index (χ1n) is 10.0. The molecular weight excluding hydrogens is 390 g/mol. The van der Waals surface area contributed by atoms with E-state index in [9.17, 15) is 14.4 Å². The van der Waals surface area contributed by atoms with E-state index < -0.39 is 0 Å². The highest BCUT2D eigenvalue weighted by molar-refractivity contribution is 7.20. The maximum absolute atomic E-state index is 12.3. The van der Waals surface area contributed by atoms with Crippen molar-refractivity contribution < 1.29 is 19.1 Å². The Balaban J connectivity index is 1.32. The van der Waals surface area contributed by atoms with Crippen molar-refractivity contribution in [1.29, 1.82) is 0 Å². The summed E-state index contributed by atoms with van der Waals surface area (Å²) in [6.45, 7) is 3.80. The third-order valence-electron chi connectivity index (χ3n) is 4.90. The van der Waals surface area contributed by atoms with Gasteiger partial charge in [0, 0.05) is 36.8 Å². The average Bonchev–Trinajstić information content (AvgIpc) is 3.16. The van der Waals surface area contributed by atoms with E-state index in [1.807, 2.05) is 30.3 Å². The van der Waals surface area contributed by atoms with Crippen LogP contribution in [0.15, 0.2) is 30.3 Å². The van der Waals surface area contributed by atoms with Crippen LogP contribution in [0.25, 0.3) is 10.1 Å². The van der Waals surface area contributed by atoms with E-state index in [0.29, 0.717) is 44.0 Å². The van der Waals surface area contributed by atoms with Gasteiger partial charge in [-0.25, -0.2) is 4.79 Å². The van der Waals surface area contributed by atoms with Crippen molar-refractivity contribution in [3.63, 3.8) is 0 Å². The van der Waals surface area contributed by atoms with Crippen molar-refractivity contribution in [3.05, 3.63) is 35.2 Å². The van der Waals surface area contributed by atoms with E-state index in [-0.39, 0.29) is 23.9 Å². The second-order valence-electron chi connectivity index (χ2n) is 7.04. The fourth-order valence-electron chi connectivity index (χ4n) is 3.35. The second-order valence-corrected chi connectivity index (χ2v) is 8.12. The summed E-state index contributed by atoms with van der Waals surface area (Å²) < 4.78 is 6.09. The molecule has 2 N–H and O–H groups in total. The predicted molar refractivity (Wildman–Crippen MR) is 113 cm³/mol. The summed E-state index contributed by atoms with van der Waals surface area (Å²) in [5.74, 6) is -0.117. The van der Waals surface area contributed by atoms with Crippen LogP contribution in [-0.4, -0.2) is 55.1 Å². The van der Waals surface area contributed by atoms with Crippen LogP contribution in [0, 0.1) is 0 Å². The molecule has 2 heterocycles. The topological polar surface area (TPSA) is 87.7 Å². The Morgan fingerprint density at radius 1 is 1.21 bits per heavy atom. The van der Waals surface area contributed by atoms with Gasteiger partial charge < -0.3 is 20.3 Å². The number of benzene rings is 1. The summed E-state index contributed by atoms with van der Waals surface area (Å²) in [5.41, 5.74) is 0. The van der Waals surface area contributed by atoms with Gasteiger partial charge >= 0.3 is 6.09 Å². The molecule has 1 fully saturated rings. The highest BCUT2D eigenvalue weighted by Crippen LogP contribution is 2.25. The largest absolute Gasteiger partial charge is 0.450 e. The monoisotopic (exact) mass is 417 g/mol. The van der Waals surface area contributed by atoms with Crippen molar-refractivity contribution in [2.45, 2.75) is 38.6 Å². The SMILES string of the molecule is CCOC(=O)N1CCC(NC(=O)CCCNC(=O)c2cc3ccccc3s2)CC1. The first kappa shape index (κ1) is 21.1. The van der Waals surface area contributed by atoms with Gasteiger partial charge in [-0.2, -0.15) is 0 Å². The van der Waals surface area contributed by atoms with Crippen LogP contribution in [0.2, 0.25) is 0 Å². The van der Waals surface area contributed by atoms with Gasteiger partial charge in [0.2, 0.25) is 5.91 Å². The molecule has 1 saturated heterocycles. The number of amides is 3. The van der Waals surface area contributed by atoms with Gasteiger partial charge in [0.25, 0.3) is 5.91 Å². The van der Waals surface area contributed by atoms with E-state index in [2.05, 4.69) is 10.6 Å². The minimum atomic E-state index is -0.286. The molecular formula is C21H27N3O4S. The van der Waals surface area contributed by atoms with Crippen molar-refractivity contribution in [1.82, 2.24) is 15.5 Å². The molecule has 156 valence electrons. The molecule has 3 rings (SSSR count). The summed E-state index contributed by atoms with van der Waals surface area (Å²) in [7, 11) is 0. The van der Waals surface area contributed by atoms with E-state index in [1.54, 1.807) is 11.8 Å². The molecule has 3 amide bonds. The molecule has 7 nitrogen and oxygen atoms in total. The maximum Gasteiger partial charge on any atom is 0.409 e. The van der Waals surface area contributed by atoms with Gasteiger partial charge in [-0.3, -0.25) is 9.59 Å². The van der Waals surface area contributed by atoms with Crippen LogP contribution in [0.5, 0.6) is 0 Å². The van der Waals surface area contributed by atoms with Gasteiger partial charge in [-0.15, -0.1) is 11.3 Å². The standard InChI is InChI=1S/C21H27N3O4S/c1-2-28-21(27)24-12-9-16(10-13-24)23-19(25)8-5-11-22-20(26)18-14-15-6-3-4-7-17(15)29-18/h3-4,6-7,14,16H,2,5,8-13H2,1H3,(H,22,26)(H,23,25). The lowest BCUT2D eigenvalue weighted by Crippen LogP contribution is -2.46. The van der Waals surface area contributed by atoms with E-state index >= 15 is 0 Å². The number of piperidine rings is 1. The van der Waals surface area contributed by atoms with Crippen molar-refractivity contribution in [2.24, 2.45) is 0 Å². The van der Waals surface area contributed by atoms with Crippen LogP contribution in [0.1, 0.15) is 42.3 Å². The summed E-state index contributed by atoms with van der Waals surface area (Å²) in [6.07, 6.45) is 2.13. The Morgan fingerprint density at radius 2 is 1.97 bits per heavy atom. The average molecular weight is 418 g/mol. The lowest BCUT2D eigenvalue weighted by molar-refractivity contribution is -0.122. The van der Waals surface area contributed by atoms with E-state index in [1.165, 1.54) is 11.3 Å². The Labute approximate surface area is 174 Å². The highest BCUT2D eigenvalue weighted by atomic mass is 32.1. The fraction of sp³-hybridized carbons (Fsp3) is 0.476. The molecule has 1 aliphatic heterocycles. The third kappa shape index (κ3) is 5.93. The Bertz CT molecular complexity index is 825. The minimum Gasteiger partial charge on any atom is -0.450 e. The number of carbonyl (C=O) groups excluding carboxylic acids is 3. The van der Waals surface area contributed by atoms with Gasteiger partial charge in [0.05, 0.1) is 11.5 Å². The Morgan fingerprint density at radius 3 is 2.69 bits per heavy atom. The van der Waals surface area contributed by atoms with E-state index in [0.717, 1.165) is 22.9 Å². The lowest BCUT2D eigenvalue weighted by Gasteiger charge is -2.31. The number of rotatable bonds is 7. The van der Waals surface area contributed by atoms with Crippen LogP contribution >= 0.6 is 11.3 Å². The number of hydrogen-bond acceptors (Lipinski definition) is 5. The smallest absolute Gasteiger partial charge is 0.409 e. The summed E-state index contributed by atoms with van der Waals surface area (Å²) >= 11 is 1.47. The predicted octanol–water partition coefficient (Wildman–Crippen LogP) is 3.15. The molecule has 1 aliphatic rings. The maximum atomic E-state index is 12.3. The van der Waals surface area contributed by atoms with Crippen molar-refractivity contribution in [2.75, 3.05) is 26.2 Å². The Kier molecular flexibility index (Phi) is 7.46. The molecule has 1 aromatic heterocycles. The lowest BCUT2D eigenvalue weighted by atomic mass is 10.1. The number of nitrogens with one attached hydrogen (secondary N) is 2. The molecule has 0 spiro atoms. The summed E-state index contributed by atoms with van der Waals surface area (Å²) in [5, 5.41) is 6.97. The zero-order valence-electron chi connectivity index (χ0n) is 16.6. The fourth-order valence-corrected chi connectivity index (χ4v) is 4.33. The van der Waals surface area contributed by atoms with Gasteiger partial charge in [0.15, 0.2) is 0 Å². The van der Waals surface area contributed by atoms with Crippen LogP contribution < -0.4 is 10.6 Å². The molecule has 0 bridgehead atoms. The summed E-state index contributed by atoms with van der Waals surface area (Å²) in [6, 6.07) is 9.88. The van der Waals surface area contributed by atoms with E-state index in [4.69, 9.17) is 4.74 Å². The number of thiophene rings is 1. The molecule has 0 aliphatic carbocycles. The van der Waals surface area contributed by atoms with Crippen LogP contribution in [0.3, 0.4) is 0 Å². The molecule has 8 heteroatoms. The number of hydrogen-bond donors (Lipinski definition) is 2. The van der Waals surface area contributed by atoms with Gasteiger partial charge in [0.1, 0.15) is 0 Å². The quantitative estimate of drug-likeness (QED) is 0.678. The van der Waals surface area contributed by atoms with Crippen LogP contribution in [-0.2, 0) is 9.53 Å². The molecule has 0 saturated carbocycles. The molecule has 0 unspecified atom stereocenters.